The van der Waals surface area contributed by atoms with E-state index >= 15 is 0 Å². The summed E-state index contributed by atoms with van der Waals surface area (Å²) in [6.45, 7) is 10.5. The van der Waals surface area contributed by atoms with Crippen molar-refractivity contribution in [3.63, 3.8) is 0 Å². The van der Waals surface area contributed by atoms with Crippen molar-refractivity contribution in [2.24, 2.45) is 0 Å². The third-order valence-corrected chi connectivity index (χ3v) is 9.36. The molecule has 8 heteroatoms. The minimum absolute atomic E-state index is 0. The molecule has 0 spiro atoms. The Hall–Kier alpha value is 0.878. The third-order valence-electron chi connectivity index (χ3n) is 3.75. The van der Waals surface area contributed by atoms with Crippen LogP contribution in [-0.2, 0) is 32.8 Å². The van der Waals surface area contributed by atoms with Crippen LogP contribution in [0.2, 0.25) is 0 Å². The zero-order valence-electron chi connectivity index (χ0n) is 13.0. The van der Waals surface area contributed by atoms with E-state index in [0.29, 0.717) is 6.61 Å². The molecule has 2 N–H and O–H groups in total. The molecule has 0 bridgehead atoms. The van der Waals surface area contributed by atoms with Gasteiger partial charge in [-0.1, -0.05) is 14.9 Å². The van der Waals surface area contributed by atoms with Crippen molar-refractivity contribution in [1.82, 2.24) is 9.99 Å². The Morgan fingerprint density at radius 1 is 1.17 bits per heavy atom. The van der Waals surface area contributed by atoms with E-state index < -0.39 is 5.27 Å². The summed E-state index contributed by atoms with van der Waals surface area (Å²) < 4.78 is 20.3. The third kappa shape index (κ3) is 7.33. The predicted octanol–water partition coefficient (Wildman–Crippen LogP) is 1.67. The number of nitrogens with one attached hydrogen (secondary N) is 1. The molecule has 2 fully saturated rings. The monoisotopic (exact) mass is 522 g/mol. The van der Waals surface area contributed by atoms with E-state index in [0.717, 1.165) is 26.2 Å². The first-order valence-corrected chi connectivity index (χ1v) is 13.5. The molecule has 0 aromatic heterocycles. The van der Waals surface area contributed by atoms with Crippen molar-refractivity contribution < 1.29 is 37.9 Å². The Labute approximate surface area is 152 Å². The Morgan fingerprint density at radius 3 is 2.43 bits per heavy atom. The zero-order valence-corrected chi connectivity index (χ0v) is 16.9. The molecule has 0 aromatic rings. The van der Waals surface area contributed by atoms with Gasteiger partial charge >= 0.3 is 137 Å². The summed E-state index contributed by atoms with van der Waals surface area (Å²) in [5, 5.41) is 11.2. The molecule has 0 radical (unpaired) electrons. The van der Waals surface area contributed by atoms with E-state index in [1.54, 1.807) is 0 Å². The van der Waals surface area contributed by atoms with Crippen LogP contribution >= 0.6 is 5.27 Å². The molecule has 2 aliphatic heterocycles. The van der Waals surface area contributed by atoms with Gasteiger partial charge in [-0.3, -0.25) is 0 Å². The average molecular weight is 522 g/mol. The Balaban J connectivity index is 0.00000242. The Kier molecular flexibility index (Phi) is 11.2. The standard InChI is InChI=1S/C13H27N2O4P.2CH4.W/c1-10-4-14-5-12(18-10)9-17-20(3)15-6-11(2)19-13(7-15)8-16;;;/h10-14,16H,4-9H2,1-3H3;2*1H4;. The summed E-state index contributed by atoms with van der Waals surface area (Å²) in [7, 11) is 0. The number of aliphatic hydroxyl groups excluding tert-OH is 1. The summed E-state index contributed by atoms with van der Waals surface area (Å²) in [5.41, 5.74) is 0. The van der Waals surface area contributed by atoms with Crippen LogP contribution in [0.15, 0.2) is 0 Å². The van der Waals surface area contributed by atoms with Crippen LogP contribution in [0.5, 0.6) is 0 Å². The second kappa shape index (κ2) is 10.8. The van der Waals surface area contributed by atoms with Crippen LogP contribution < -0.4 is 5.32 Å². The number of rotatable bonds is 5. The van der Waals surface area contributed by atoms with Crippen LogP contribution in [0, 0.1) is 0 Å². The fraction of sp³-hybridized carbons (Fsp3) is 1.00. The molecule has 0 amide bonds. The van der Waals surface area contributed by atoms with Crippen molar-refractivity contribution in [3.05, 3.63) is 0 Å². The van der Waals surface area contributed by atoms with Gasteiger partial charge in [0.25, 0.3) is 0 Å². The molecule has 0 aromatic carbocycles. The van der Waals surface area contributed by atoms with Crippen LogP contribution in [0.25, 0.3) is 0 Å². The molecule has 0 aliphatic carbocycles. The number of hydrogen-bond acceptors (Lipinski definition) is 6. The van der Waals surface area contributed by atoms with Crippen molar-refractivity contribution >= 4 is 5.27 Å². The van der Waals surface area contributed by atoms with Gasteiger partial charge in [-0.05, 0) is 0 Å². The second-order valence-corrected chi connectivity index (χ2v) is 15.7. The molecule has 2 saturated heterocycles. The molecule has 2 heterocycles. The molecule has 23 heavy (non-hydrogen) atoms. The topological polar surface area (TPSA) is 63.2 Å². The summed E-state index contributed by atoms with van der Waals surface area (Å²) in [6.07, 6.45) is 0.442. The summed E-state index contributed by atoms with van der Waals surface area (Å²) >= 11 is 1.47. The maximum atomic E-state index is 9.35. The summed E-state index contributed by atoms with van der Waals surface area (Å²) in [5.74, 6) is 0. The molecule has 5 unspecified atom stereocenters. The first kappa shape index (κ1) is 23.9. The minimum atomic E-state index is -1.57. The number of hydrogen-bond donors (Lipinski definition) is 2. The van der Waals surface area contributed by atoms with E-state index in [9.17, 15) is 5.11 Å². The first-order chi connectivity index (χ1) is 9.90. The van der Waals surface area contributed by atoms with Gasteiger partial charge in [-0.2, -0.15) is 0 Å². The van der Waals surface area contributed by atoms with Gasteiger partial charge in [-0.25, -0.2) is 0 Å². The van der Waals surface area contributed by atoms with Crippen molar-refractivity contribution in [2.75, 3.05) is 46.1 Å². The summed E-state index contributed by atoms with van der Waals surface area (Å²) in [6, 6.07) is 0. The molecule has 140 valence electrons. The number of aliphatic hydroxyl groups is 1. The van der Waals surface area contributed by atoms with Crippen molar-refractivity contribution in [3.8, 4) is 0 Å². The van der Waals surface area contributed by atoms with Gasteiger partial charge < -0.3 is 0 Å². The zero-order chi connectivity index (χ0) is 15.5. The van der Waals surface area contributed by atoms with Crippen molar-refractivity contribution in [1.29, 1.82) is 0 Å². The molecule has 0 saturated carbocycles. The fourth-order valence-electron chi connectivity index (χ4n) is 2.69. The second-order valence-electron chi connectivity index (χ2n) is 5.95. The predicted molar refractivity (Wildman–Crippen MR) is 92.5 cm³/mol. The fourth-order valence-corrected chi connectivity index (χ4v) is 6.40. The number of nitrogens with zero attached hydrogens (tertiary/aromatic N) is 1. The van der Waals surface area contributed by atoms with Gasteiger partial charge in [0.1, 0.15) is 0 Å². The molecular weight excluding hydrogens is 487 g/mol. The molecule has 2 rings (SSSR count). The van der Waals surface area contributed by atoms with Crippen molar-refractivity contribution in [2.45, 2.75) is 53.1 Å². The van der Waals surface area contributed by atoms with E-state index in [-0.39, 0.29) is 45.9 Å². The summed E-state index contributed by atoms with van der Waals surface area (Å²) in [4.78, 5) is 0. The van der Waals surface area contributed by atoms with E-state index in [1.165, 1.54) is 18.8 Å². The van der Waals surface area contributed by atoms with Crippen LogP contribution in [-0.4, -0.2) is 80.3 Å². The normalized spacial score (nSPS) is 34.8. The van der Waals surface area contributed by atoms with E-state index in [1.807, 2.05) is 0 Å². The SMILES string of the molecule is C.C.CC1CNCC(CO[P](C)(=[W])N2CC(C)OC(CO)C2)O1. The molecule has 5 atom stereocenters. The maximum absolute atomic E-state index is 9.35. The Bertz CT molecular complexity index is 388. The molecular formula is C15H35N2O4PW. The number of morpholine rings is 2. The van der Waals surface area contributed by atoms with Gasteiger partial charge in [0.2, 0.25) is 0 Å². The van der Waals surface area contributed by atoms with Gasteiger partial charge in [0.15, 0.2) is 0 Å². The molecule has 2 aliphatic rings. The van der Waals surface area contributed by atoms with Crippen LogP contribution in [0.4, 0.5) is 0 Å². The average Bonchev–Trinajstić information content (AvgIpc) is 2.44. The van der Waals surface area contributed by atoms with Gasteiger partial charge in [0.05, 0.1) is 0 Å². The quantitative estimate of drug-likeness (QED) is 0.537. The van der Waals surface area contributed by atoms with Gasteiger partial charge in [-0.15, -0.1) is 0 Å². The first-order valence-electron chi connectivity index (χ1n) is 7.50. The number of ether oxygens (including phenoxy) is 2. The van der Waals surface area contributed by atoms with Crippen LogP contribution in [0.1, 0.15) is 28.7 Å². The van der Waals surface area contributed by atoms with Gasteiger partial charge in [0, 0.05) is 0 Å². The Morgan fingerprint density at radius 2 is 1.83 bits per heavy atom. The van der Waals surface area contributed by atoms with Crippen LogP contribution in [0.3, 0.4) is 0 Å². The van der Waals surface area contributed by atoms with E-state index in [2.05, 4.69) is 30.5 Å². The van der Waals surface area contributed by atoms with E-state index in [4.69, 9.17) is 14.0 Å². The molecule has 6 nitrogen and oxygen atoms in total.